The van der Waals surface area contributed by atoms with Crippen LogP contribution in [0.3, 0.4) is 0 Å². The van der Waals surface area contributed by atoms with Gasteiger partial charge in [0.25, 0.3) is 0 Å². The van der Waals surface area contributed by atoms with Gasteiger partial charge in [0.2, 0.25) is 5.91 Å². The van der Waals surface area contributed by atoms with E-state index in [-0.39, 0.29) is 12.4 Å². The largest absolute Gasteiger partial charge is 0.460 e. The van der Waals surface area contributed by atoms with Crippen LogP contribution in [0.25, 0.3) is 0 Å². The van der Waals surface area contributed by atoms with Crippen molar-refractivity contribution in [2.24, 2.45) is 11.3 Å². The minimum absolute atomic E-state index is 0.0130. The molecule has 0 radical (unpaired) electrons. The molecule has 1 aromatic rings. The van der Waals surface area contributed by atoms with Crippen molar-refractivity contribution in [2.45, 2.75) is 32.3 Å². The molecule has 0 bridgehead atoms. The first-order valence-corrected chi connectivity index (χ1v) is 9.77. The maximum atomic E-state index is 12.4. The summed E-state index contributed by atoms with van der Waals surface area (Å²) in [6, 6.07) is 13.6. The van der Waals surface area contributed by atoms with Gasteiger partial charge in [0.15, 0.2) is 0 Å². The van der Waals surface area contributed by atoms with Crippen LogP contribution in [0.2, 0.25) is 0 Å². The molecule has 7 heteroatoms. The number of rotatable bonds is 5. The van der Waals surface area contributed by atoms with Crippen LogP contribution in [-0.4, -0.2) is 17.6 Å². The maximum Gasteiger partial charge on any atom is 0.316 e. The van der Waals surface area contributed by atoms with Crippen molar-refractivity contribution in [2.75, 3.05) is 5.75 Å². The van der Waals surface area contributed by atoms with Crippen molar-refractivity contribution in [3.05, 3.63) is 46.5 Å². The molecule has 27 heavy (non-hydrogen) atoms. The predicted octanol–water partition coefficient (Wildman–Crippen LogP) is 3.03. The van der Waals surface area contributed by atoms with Gasteiger partial charge in [-0.3, -0.25) is 9.59 Å². The van der Waals surface area contributed by atoms with Gasteiger partial charge in [0.1, 0.15) is 12.5 Å². The second kappa shape index (κ2) is 8.28. The summed E-state index contributed by atoms with van der Waals surface area (Å²) in [5, 5.41) is 22.2. The molecule has 6 nitrogen and oxygen atoms in total. The van der Waals surface area contributed by atoms with E-state index in [2.05, 4.69) is 17.5 Å². The third-order valence-corrected chi connectivity index (χ3v) is 6.07. The number of esters is 1. The van der Waals surface area contributed by atoms with Crippen molar-refractivity contribution >= 4 is 23.6 Å². The Bertz CT molecular complexity index is 845. The molecular weight excluding hydrogens is 362 g/mol. The Labute approximate surface area is 162 Å². The summed E-state index contributed by atoms with van der Waals surface area (Å²) in [5.41, 5.74) is 0.592. The number of amides is 1. The average Bonchev–Trinajstić information content (AvgIpc) is 3.15. The molecule has 1 heterocycles. The lowest BCUT2D eigenvalue weighted by Gasteiger charge is -2.37. The highest BCUT2D eigenvalue weighted by atomic mass is 32.2. The number of hydrogen-bond donors (Lipinski definition) is 1. The summed E-state index contributed by atoms with van der Waals surface area (Å²) >= 11 is 1.09. The number of benzene rings is 1. The van der Waals surface area contributed by atoms with Gasteiger partial charge in [0.05, 0.1) is 28.5 Å². The van der Waals surface area contributed by atoms with E-state index >= 15 is 0 Å². The summed E-state index contributed by atoms with van der Waals surface area (Å²) < 4.78 is 5.24. The van der Waals surface area contributed by atoms with E-state index in [1.807, 2.05) is 30.3 Å². The second-order valence-corrected chi connectivity index (χ2v) is 7.65. The molecule has 1 fully saturated rings. The zero-order valence-corrected chi connectivity index (χ0v) is 15.6. The normalized spacial score (nSPS) is 20.7. The van der Waals surface area contributed by atoms with Crippen LogP contribution in [0.15, 0.2) is 40.9 Å². The first kappa shape index (κ1) is 19.0. The Balaban J connectivity index is 1.70. The molecule has 2 aliphatic rings. The number of nitriles is 2. The summed E-state index contributed by atoms with van der Waals surface area (Å²) in [6.45, 7) is 0.178. The fourth-order valence-corrected chi connectivity index (χ4v) is 4.69. The second-order valence-electron chi connectivity index (χ2n) is 6.67. The van der Waals surface area contributed by atoms with Crippen LogP contribution < -0.4 is 5.32 Å². The van der Waals surface area contributed by atoms with E-state index in [0.29, 0.717) is 23.4 Å². The highest BCUT2D eigenvalue weighted by Crippen LogP contribution is 2.53. The molecule has 1 amide bonds. The molecular formula is C20H19N3O3S. The van der Waals surface area contributed by atoms with E-state index in [0.717, 1.165) is 30.2 Å². The van der Waals surface area contributed by atoms with Crippen LogP contribution in [0, 0.1) is 34.0 Å². The lowest BCUT2D eigenvalue weighted by atomic mass is 9.67. The number of hydrogen-bond acceptors (Lipinski definition) is 6. The molecule has 0 aromatic heterocycles. The van der Waals surface area contributed by atoms with Gasteiger partial charge in [-0.05, 0) is 18.4 Å². The number of carbonyl (C=O) groups is 2. The van der Waals surface area contributed by atoms with Crippen molar-refractivity contribution in [1.29, 1.82) is 10.5 Å². The molecule has 1 spiro atoms. The van der Waals surface area contributed by atoms with Gasteiger partial charge in [0, 0.05) is 5.41 Å². The Morgan fingerprint density at radius 2 is 1.96 bits per heavy atom. The number of ether oxygens (including phenoxy) is 1. The van der Waals surface area contributed by atoms with Crippen molar-refractivity contribution in [3.63, 3.8) is 0 Å². The number of carbonyl (C=O) groups excluding carboxylic acids is 2. The van der Waals surface area contributed by atoms with Crippen LogP contribution in [0.1, 0.15) is 31.2 Å². The molecule has 1 unspecified atom stereocenters. The fraction of sp³-hybridized carbons (Fsp3) is 0.400. The first-order chi connectivity index (χ1) is 13.1. The van der Waals surface area contributed by atoms with Crippen molar-refractivity contribution in [1.82, 2.24) is 5.32 Å². The molecule has 1 N–H and O–H groups in total. The highest BCUT2D eigenvalue weighted by molar-refractivity contribution is 8.03. The molecule has 1 aliphatic carbocycles. The van der Waals surface area contributed by atoms with Gasteiger partial charge >= 0.3 is 5.97 Å². The number of nitrogens with zero attached hydrogens (tertiary/aromatic N) is 2. The monoisotopic (exact) mass is 381 g/mol. The number of nitrogens with one attached hydrogen (secondary N) is 1. The van der Waals surface area contributed by atoms with Crippen LogP contribution in [-0.2, 0) is 20.9 Å². The smallest absolute Gasteiger partial charge is 0.316 e. The van der Waals surface area contributed by atoms with Crippen molar-refractivity contribution < 1.29 is 14.3 Å². The van der Waals surface area contributed by atoms with Gasteiger partial charge in [-0.1, -0.05) is 54.9 Å². The predicted molar refractivity (Wildman–Crippen MR) is 99.5 cm³/mol. The number of thioether (sulfide) groups is 1. The quantitative estimate of drug-likeness (QED) is 0.787. The molecule has 0 saturated heterocycles. The lowest BCUT2D eigenvalue weighted by Crippen LogP contribution is -2.46. The maximum absolute atomic E-state index is 12.4. The van der Waals surface area contributed by atoms with E-state index in [1.165, 1.54) is 0 Å². The SMILES string of the molecule is N#CC1=C(SCC(=O)OCc2ccccc2)NC(=O)C(C#N)C12CCCC2. The Kier molecular flexibility index (Phi) is 5.83. The van der Waals surface area contributed by atoms with Crippen molar-refractivity contribution in [3.8, 4) is 12.1 Å². The molecule has 1 aromatic carbocycles. The molecule has 3 rings (SSSR count). The summed E-state index contributed by atoms with van der Waals surface area (Å²) in [4.78, 5) is 24.5. The zero-order chi connectivity index (χ0) is 19.3. The van der Waals surface area contributed by atoms with Gasteiger partial charge in [-0.2, -0.15) is 10.5 Å². The highest BCUT2D eigenvalue weighted by Gasteiger charge is 2.52. The van der Waals surface area contributed by atoms with E-state index in [4.69, 9.17) is 4.74 Å². The Hall–Kier alpha value is -2.77. The third-order valence-electron chi connectivity index (χ3n) is 5.09. The zero-order valence-electron chi connectivity index (χ0n) is 14.7. The molecule has 138 valence electrons. The fourth-order valence-electron chi connectivity index (χ4n) is 3.78. The van der Waals surface area contributed by atoms with Crippen LogP contribution in [0.5, 0.6) is 0 Å². The Morgan fingerprint density at radius 3 is 2.59 bits per heavy atom. The molecule has 1 saturated carbocycles. The summed E-state index contributed by atoms with van der Waals surface area (Å²) in [5.74, 6) is -1.69. The standard InChI is InChI=1S/C20H19N3O3S/c21-10-15-18(25)23-19(16(11-22)20(15)8-4-5-9-20)27-13-17(24)26-12-14-6-2-1-3-7-14/h1-3,6-7,15H,4-5,8-9,12-13H2,(H,23,25). The Morgan fingerprint density at radius 1 is 1.26 bits per heavy atom. The lowest BCUT2D eigenvalue weighted by molar-refractivity contribution is -0.141. The summed E-state index contributed by atoms with van der Waals surface area (Å²) in [7, 11) is 0. The third kappa shape index (κ3) is 3.84. The molecule has 1 aliphatic heterocycles. The van der Waals surface area contributed by atoms with Gasteiger partial charge in [-0.15, -0.1) is 0 Å². The topological polar surface area (TPSA) is 103 Å². The van der Waals surface area contributed by atoms with Crippen LogP contribution in [0.4, 0.5) is 0 Å². The number of allylic oxidation sites excluding steroid dienone is 1. The molecule has 1 atom stereocenters. The minimum atomic E-state index is -0.857. The first-order valence-electron chi connectivity index (χ1n) is 8.78. The average molecular weight is 381 g/mol. The van der Waals surface area contributed by atoms with Gasteiger partial charge in [-0.25, -0.2) is 0 Å². The summed E-state index contributed by atoms with van der Waals surface area (Å²) in [6.07, 6.45) is 3.05. The minimum Gasteiger partial charge on any atom is -0.460 e. The van der Waals surface area contributed by atoms with E-state index in [1.54, 1.807) is 0 Å². The van der Waals surface area contributed by atoms with E-state index < -0.39 is 23.2 Å². The van der Waals surface area contributed by atoms with Gasteiger partial charge < -0.3 is 10.1 Å². The van der Waals surface area contributed by atoms with Crippen LogP contribution >= 0.6 is 11.8 Å². The van der Waals surface area contributed by atoms with E-state index in [9.17, 15) is 20.1 Å².